The van der Waals surface area contributed by atoms with Gasteiger partial charge < -0.3 is 18.9 Å². The number of nitrogens with zero attached hydrogens (tertiary/aromatic N) is 2. The lowest BCUT2D eigenvalue weighted by Crippen LogP contribution is -2.47. The standard InChI is InChI=1S/C27H34N2O4/c1-15-7-5-6-8-18(15)23-20(24(33-28-23)16-9-10-16)14-31-25-19-13-17-11-12-21(22(19)25)29(17)26(30)32-27(2,3)4/h5-8,16-17,19,21-22,25H,9-14H2,1-4H3/t17?,19?,21?,22?,25-/m0/s1. The van der Waals surface area contributed by atoms with Crippen molar-refractivity contribution in [2.45, 2.75) is 96.1 Å². The number of hydrogen-bond donors (Lipinski definition) is 0. The summed E-state index contributed by atoms with van der Waals surface area (Å²) in [5.41, 5.74) is 3.89. The van der Waals surface area contributed by atoms with Crippen molar-refractivity contribution in [3.63, 3.8) is 0 Å². The highest BCUT2D eigenvalue weighted by Crippen LogP contribution is 2.58. The summed E-state index contributed by atoms with van der Waals surface area (Å²) in [4.78, 5) is 14.9. The molecule has 2 saturated carbocycles. The van der Waals surface area contributed by atoms with E-state index in [9.17, 15) is 4.79 Å². The van der Waals surface area contributed by atoms with Crippen LogP contribution < -0.4 is 0 Å². The molecule has 176 valence electrons. The minimum absolute atomic E-state index is 0.156. The van der Waals surface area contributed by atoms with Gasteiger partial charge in [-0.05, 0) is 71.3 Å². The zero-order valence-corrected chi connectivity index (χ0v) is 20.0. The van der Waals surface area contributed by atoms with Crippen molar-refractivity contribution in [1.29, 1.82) is 0 Å². The van der Waals surface area contributed by atoms with E-state index in [-0.39, 0.29) is 18.2 Å². The molecule has 0 spiro atoms. The Bertz CT molecular complexity index is 1070. The zero-order chi connectivity index (χ0) is 22.9. The van der Waals surface area contributed by atoms with Crippen LogP contribution in [0.5, 0.6) is 0 Å². The molecule has 2 aliphatic carbocycles. The summed E-state index contributed by atoms with van der Waals surface area (Å²) in [6, 6.07) is 8.87. The highest BCUT2D eigenvalue weighted by molar-refractivity contribution is 5.70. The fraction of sp³-hybridized carbons (Fsp3) is 0.630. The molecule has 4 unspecified atom stereocenters. The Morgan fingerprint density at radius 1 is 1.18 bits per heavy atom. The average molecular weight is 451 g/mol. The molecule has 2 bridgehead atoms. The molecule has 4 aliphatic rings. The summed E-state index contributed by atoms with van der Waals surface area (Å²) in [7, 11) is 0. The van der Waals surface area contributed by atoms with E-state index in [4.69, 9.17) is 14.0 Å². The third-order valence-corrected chi connectivity index (χ3v) is 7.88. The summed E-state index contributed by atoms with van der Waals surface area (Å²) in [6.07, 6.45) is 5.54. The van der Waals surface area contributed by atoms with Crippen LogP contribution in [0.2, 0.25) is 0 Å². The molecule has 0 N–H and O–H groups in total. The van der Waals surface area contributed by atoms with Crippen LogP contribution in [0.4, 0.5) is 4.79 Å². The monoisotopic (exact) mass is 450 g/mol. The van der Waals surface area contributed by atoms with Crippen molar-refractivity contribution >= 4 is 6.09 Å². The minimum atomic E-state index is -0.466. The molecule has 33 heavy (non-hydrogen) atoms. The van der Waals surface area contributed by atoms with Crippen LogP contribution in [-0.4, -0.2) is 39.9 Å². The summed E-state index contributed by atoms with van der Waals surface area (Å²) in [6.45, 7) is 8.45. The molecule has 1 aromatic carbocycles. The number of fused-ring (bicyclic) bond motifs is 4. The molecule has 2 saturated heterocycles. The molecule has 0 radical (unpaired) electrons. The minimum Gasteiger partial charge on any atom is -0.444 e. The second kappa shape index (κ2) is 7.59. The van der Waals surface area contributed by atoms with Crippen molar-refractivity contribution in [1.82, 2.24) is 10.1 Å². The van der Waals surface area contributed by atoms with E-state index in [1.54, 1.807) is 0 Å². The highest BCUT2D eigenvalue weighted by atomic mass is 16.6. The first-order valence-corrected chi connectivity index (χ1v) is 12.5. The van der Waals surface area contributed by atoms with Gasteiger partial charge in [0.05, 0.1) is 12.7 Å². The Morgan fingerprint density at radius 3 is 2.70 bits per heavy atom. The Morgan fingerprint density at radius 2 is 1.97 bits per heavy atom. The zero-order valence-electron chi connectivity index (χ0n) is 20.0. The van der Waals surface area contributed by atoms with Crippen molar-refractivity contribution in [2.24, 2.45) is 11.8 Å². The van der Waals surface area contributed by atoms with Gasteiger partial charge in [0.1, 0.15) is 17.1 Å². The van der Waals surface area contributed by atoms with E-state index >= 15 is 0 Å². The lowest BCUT2D eigenvalue weighted by molar-refractivity contribution is 0.00550. The molecular formula is C27H34N2O4. The molecule has 6 rings (SSSR count). The van der Waals surface area contributed by atoms with Gasteiger partial charge in [0, 0.05) is 35.0 Å². The number of aryl methyl sites for hydroxylation is 1. The van der Waals surface area contributed by atoms with E-state index in [2.05, 4.69) is 36.3 Å². The number of amides is 1. The Kier molecular flexibility index (Phi) is 4.88. The van der Waals surface area contributed by atoms with Crippen LogP contribution in [0.3, 0.4) is 0 Å². The maximum absolute atomic E-state index is 12.9. The van der Waals surface area contributed by atoms with Gasteiger partial charge in [0.25, 0.3) is 0 Å². The van der Waals surface area contributed by atoms with Gasteiger partial charge in [-0.25, -0.2) is 4.79 Å². The molecule has 4 fully saturated rings. The van der Waals surface area contributed by atoms with E-state index in [1.165, 1.54) is 18.4 Å². The highest BCUT2D eigenvalue weighted by Gasteiger charge is 2.64. The van der Waals surface area contributed by atoms with Crippen LogP contribution in [0, 0.1) is 18.8 Å². The van der Waals surface area contributed by atoms with Crippen LogP contribution in [0.25, 0.3) is 11.3 Å². The average Bonchev–Trinajstić information content (AvgIpc) is 3.64. The number of piperidine rings is 1. The number of hydrogen-bond acceptors (Lipinski definition) is 5. The smallest absolute Gasteiger partial charge is 0.410 e. The van der Waals surface area contributed by atoms with Crippen molar-refractivity contribution in [3.8, 4) is 11.3 Å². The third kappa shape index (κ3) is 3.76. The largest absolute Gasteiger partial charge is 0.444 e. The normalized spacial score (nSPS) is 30.3. The van der Waals surface area contributed by atoms with E-state index in [0.717, 1.165) is 41.8 Å². The molecule has 3 heterocycles. The van der Waals surface area contributed by atoms with Crippen LogP contribution in [0.15, 0.2) is 28.8 Å². The first-order valence-electron chi connectivity index (χ1n) is 12.5. The molecule has 1 amide bonds. The van der Waals surface area contributed by atoms with E-state index in [1.807, 2.05) is 25.7 Å². The Hall–Kier alpha value is -2.34. The molecule has 5 atom stereocenters. The third-order valence-electron chi connectivity index (χ3n) is 7.88. The predicted octanol–water partition coefficient (Wildman–Crippen LogP) is 5.83. The van der Waals surface area contributed by atoms with Gasteiger partial charge >= 0.3 is 6.09 Å². The molecule has 2 aromatic rings. The van der Waals surface area contributed by atoms with Gasteiger partial charge in [0.15, 0.2) is 0 Å². The van der Waals surface area contributed by atoms with Crippen molar-refractivity contribution in [2.75, 3.05) is 0 Å². The summed E-state index contributed by atoms with van der Waals surface area (Å²) >= 11 is 0. The fourth-order valence-electron chi connectivity index (χ4n) is 6.19. The number of carbonyl (C=O) groups is 1. The molecule has 1 aromatic heterocycles. The van der Waals surface area contributed by atoms with Gasteiger partial charge in [-0.1, -0.05) is 29.4 Å². The first kappa shape index (κ1) is 21.2. The molecule has 6 nitrogen and oxygen atoms in total. The lowest BCUT2D eigenvalue weighted by atomic mass is 10.0. The van der Waals surface area contributed by atoms with Crippen LogP contribution in [-0.2, 0) is 16.1 Å². The van der Waals surface area contributed by atoms with Gasteiger partial charge in [0.2, 0.25) is 0 Å². The lowest BCUT2D eigenvalue weighted by Gasteiger charge is -2.35. The maximum atomic E-state index is 12.9. The van der Waals surface area contributed by atoms with Crippen LogP contribution >= 0.6 is 0 Å². The number of benzene rings is 1. The first-order chi connectivity index (χ1) is 15.8. The van der Waals surface area contributed by atoms with Gasteiger partial charge in [-0.15, -0.1) is 0 Å². The number of aromatic nitrogens is 1. The molecule has 2 aliphatic heterocycles. The number of rotatable bonds is 5. The second-order valence-corrected chi connectivity index (χ2v) is 11.4. The maximum Gasteiger partial charge on any atom is 0.410 e. The van der Waals surface area contributed by atoms with Crippen LogP contribution in [0.1, 0.15) is 75.7 Å². The Balaban J connectivity index is 1.19. The van der Waals surface area contributed by atoms with Gasteiger partial charge in [-0.3, -0.25) is 0 Å². The van der Waals surface area contributed by atoms with Crippen molar-refractivity contribution in [3.05, 3.63) is 41.2 Å². The Labute approximate surface area is 195 Å². The van der Waals surface area contributed by atoms with Crippen molar-refractivity contribution < 1.29 is 18.8 Å². The topological polar surface area (TPSA) is 64.8 Å². The molecular weight excluding hydrogens is 416 g/mol. The fourth-order valence-corrected chi connectivity index (χ4v) is 6.19. The summed E-state index contributed by atoms with van der Waals surface area (Å²) < 4.78 is 18.1. The quantitative estimate of drug-likeness (QED) is 0.573. The van der Waals surface area contributed by atoms with E-state index in [0.29, 0.717) is 30.4 Å². The summed E-state index contributed by atoms with van der Waals surface area (Å²) in [5, 5.41) is 4.48. The second-order valence-electron chi connectivity index (χ2n) is 11.4. The molecule has 6 heteroatoms. The van der Waals surface area contributed by atoms with E-state index < -0.39 is 5.60 Å². The number of carbonyl (C=O) groups excluding carboxylic acids is 1. The predicted molar refractivity (Wildman–Crippen MR) is 124 cm³/mol. The summed E-state index contributed by atoms with van der Waals surface area (Å²) in [5.74, 6) is 2.46. The number of ether oxygens (including phenoxy) is 2. The SMILES string of the molecule is Cc1ccccc1-c1noc(C2CC2)c1CO[C@H]1C2CC3CCC(C21)N3C(=O)OC(C)(C)C. The van der Waals surface area contributed by atoms with Gasteiger partial charge in [-0.2, -0.15) is 0 Å².